The molecule has 1 aliphatic heterocycles. The number of piperidine rings is 1. The third-order valence-corrected chi connectivity index (χ3v) is 11.2. The molecule has 6 aliphatic rings. The zero-order chi connectivity index (χ0) is 21.1. The second kappa shape index (κ2) is 6.42. The van der Waals surface area contributed by atoms with Gasteiger partial charge in [-0.1, -0.05) is 6.92 Å². The van der Waals surface area contributed by atoms with Gasteiger partial charge in [-0.2, -0.15) is 0 Å². The average Bonchev–Trinajstić information content (AvgIpc) is 3.15. The molecule has 6 nitrogen and oxygen atoms in total. The van der Waals surface area contributed by atoms with Crippen LogP contribution in [0.2, 0.25) is 0 Å². The lowest BCUT2D eigenvalue weighted by Gasteiger charge is -2.69. The van der Waals surface area contributed by atoms with E-state index < -0.39 is 11.7 Å². The van der Waals surface area contributed by atoms with Crippen molar-refractivity contribution in [3.8, 4) is 0 Å². The van der Waals surface area contributed by atoms with E-state index in [9.17, 15) is 10.2 Å². The fourth-order valence-electron chi connectivity index (χ4n) is 10.7. The van der Waals surface area contributed by atoms with Crippen LogP contribution in [0.5, 0.6) is 0 Å². The third-order valence-electron chi connectivity index (χ3n) is 11.2. The first-order chi connectivity index (χ1) is 14.4. The van der Waals surface area contributed by atoms with Gasteiger partial charge in [0.05, 0.1) is 30.5 Å². The summed E-state index contributed by atoms with van der Waals surface area (Å²) in [5.41, 5.74) is -0.719. The van der Waals surface area contributed by atoms with E-state index in [1.54, 1.807) is 7.11 Å². The van der Waals surface area contributed by atoms with Gasteiger partial charge in [0.25, 0.3) is 0 Å². The van der Waals surface area contributed by atoms with Gasteiger partial charge in [0.15, 0.2) is 0 Å². The van der Waals surface area contributed by atoms with Crippen LogP contribution in [0, 0.1) is 40.4 Å². The minimum atomic E-state index is -0.847. The minimum absolute atomic E-state index is 0.000283. The van der Waals surface area contributed by atoms with Crippen molar-refractivity contribution in [3.63, 3.8) is 0 Å². The average molecular weight is 422 g/mol. The summed E-state index contributed by atoms with van der Waals surface area (Å²) < 4.78 is 18.0. The van der Waals surface area contributed by atoms with Gasteiger partial charge in [0.2, 0.25) is 0 Å². The monoisotopic (exact) mass is 421 g/mol. The van der Waals surface area contributed by atoms with Crippen LogP contribution in [0.15, 0.2) is 0 Å². The summed E-state index contributed by atoms with van der Waals surface area (Å²) >= 11 is 0. The zero-order valence-electron chi connectivity index (χ0n) is 18.9. The van der Waals surface area contributed by atoms with Crippen molar-refractivity contribution in [2.75, 3.05) is 41.0 Å². The van der Waals surface area contributed by atoms with Gasteiger partial charge < -0.3 is 24.4 Å². The Morgan fingerprint density at radius 3 is 2.57 bits per heavy atom. The van der Waals surface area contributed by atoms with Crippen LogP contribution < -0.4 is 0 Å². The molecule has 0 aromatic carbocycles. The third kappa shape index (κ3) is 2.00. The number of methoxy groups -OCH3 is 3. The lowest BCUT2D eigenvalue weighted by atomic mass is 9.43. The molecule has 30 heavy (non-hydrogen) atoms. The van der Waals surface area contributed by atoms with Crippen LogP contribution in [0.1, 0.15) is 39.0 Å². The molecule has 0 radical (unpaired) electrons. The summed E-state index contributed by atoms with van der Waals surface area (Å²) in [5, 5.41) is 23.8. The molecular formula is C24H39NO5. The molecule has 6 fully saturated rings. The fraction of sp³-hybridized carbons (Fsp3) is 1.00. The predicted molar refractivity (Wildman–Crippen MR) is 111 cm³/mol. The highest BCUT2D eigenvalue weighted by atomic mass is 16.5. The van der Waals surface area contributed by atoms with E-state index in [1.165, 1.54) is 0 Å². The number of ether oxygens (including phenoxy) is 3. The Hall–Kier alpha value is -0.240. The van der Waals surface area contributed by atoms with Crippen LogP contribution >= 0.6 is 0 Å². The summed E-state index contributed by atoms with van der Waals surface area (Å²) in [6, 6.07) is 0.329. The van der Waals surface area contributed by atoms with Gasteiger partial charge in [-0.15, -0.1) is 0 Å². The molecule has 1 spiro atoms. The molecule has 6 heteroatoms. The van der Waals surface area contributed by atoms with Crippen molar-refractivity contribution < 1.29 is 24.4 Å². The Kier molecular flexibility index (Phi) is 4.36. The SMILES string of the molecule is CCN1C[C@@]2(COC)CC[C@H](OC)C34C1[C@H](C[C@H]32)[C@@]1(O)C[C@H](OC)[C@H]2C[C@@H]4C1[C@H]2O. The van der Waals surface area contributed by atoms with Gasteiger partial charge in [0.1, 0.15) is 0 Å². The number of nitrogens with zero attached hydrogens (tertiary/aromatic N) is 1. The van der Waals surface area contributed by atoms with Crippen molar-refractivity contribution in [3.05, 3.63) is 0 Å². The molecule has 3 unspecified atom stereocenters. The molecule has 12 atom stereocenters. The molecule has 1 saturated heterocycles. The lowest BCUT2D eigenvalue weighted by molar-refractivity contribution is -0.276. The Balaban J connectivity index is 1.58. The predicted octanol–water partition coefficient (Wildman–Crippen LogP) is 1.53. The topological polar surface area (TPSA) is 71.4 Å². The molecule has 7 bridgehead atoms. The highest BCUT2D eigenvalue weighted by molar-refractivity contribution is 5.33. The van der Waals surface area contributed by atoms with Gasteiger partial charge in [-0.25, -0.2) is 0 Å². The second-order valence-corrected chi connectivity index (χ2v) is 11.5. The molecule has 0 amide bonds. The van der Waals surface area contributed by atoms with E-state index in [0.717, 1.165) is 45.4 Å². The Morgan fingerprint density at radius 1 is 1.10 bits per heavy atom. The first-order valence-corrected chi connectivity index (χ1v) is 12.1. The number of aliphatic hydroxyl groups excluding tert-OH is 1. The number of likely N-dealkylation sites (tertiary alicyclic amines) is 1. The Bertz CT molecular complexity index is 720. The van der Waals surface area contributed by atoms with Gasteiger partial charge in [0, 0.05) is 68.9 Å². The van der Waals surface area contributed by atoms with E-state index in [2.05, 4.69) is 11.8 Å². The molecule has 2 N–H and O–H groups in total. The normalized spacial score (nSPS) is 60.8. The Labute approximate surface area is 180 Å². The van der Waals surface area contributed by atoms with E-state index in [1.807, 2.05) is 14.2 Å². The summed E-state index contributed by atoms with van der Waals surface area (Å²) in [6.45, 7) is 5.11. The van der Waals surface area contributed by atoms with Crippen LogP contribution in [0.4, 0.5) is 0 Å². The minimum Gasteiger partial charge on any atom is -0.392 e. The highest BCUT2D eigenvalue weighted by Crippen LogP contribution is 2.79. The van der Waals surface area contributed by atoms with Crippen molar-refractivity contribution in [1.82, 2.24) is 4.90 Å². The zero-order valence-corrected chi connectivity index (χ0v) is 18.9. The van der Waals surface area contributed by atoms with E-state index in [0.29, 0.717) is 18.4 Å². The highest BCUT2D eigenvalue weighted by Gasteiger charge is 2.83. The van der Waals surface area contributed by atoms with E-state index in [-0.39, 0.29) is 46.7 Å². The van der Waals surface area contributed by atoms with Crippen molar-refractivity contribution >= 4 is 0 Å². The number of aliphatic hydroxyl groups is 2. The summed E-state index contributed by atoms with van der Waals surface area (Å²) in [4.78, 5) is 2.67. The van der Waals surface area contributed by atoms with Crippen molar-refractivity contribution in [1.29, 1.82) is 0 Å². The molecule has 5 aliphatic carbocycles. The molecule has 0 aromatic rings. The van der Waals surface area contributed by atoms with Crippen LogP contribution in [-0.2, 0) is 14.2 Å². The van der Waals surface area contributed by atoms with E-state index >= 15 is 0 Å². The summed E-state index contributed by atoms with van der Waals surface area (Å²) in [6.07, 6.45) is 4.52. The number of hydrogen-bond acceptors (Lipinski definition) is 6. The Morgan fingerprint density at radius 2 is 1.90 bits per heavy atom. The first kappa shape index (κ1) is 20.4. The standard InChI is InChI=1S/C24H39NO5/c1-5-25-11-22(12-28-2)7-6-18(30-4)24-14-8-13-16(29-3)10-23(27,19(14)20(13)26)15(21(24)25)9-17(22)24/h13-21,26-27H,5-12H2,1-4H3/t13-,14-,15+,16+,17+,18+,19?,20+,21?,22-,23+,24?/m1/s1. The molecule has 6 rings (SSSR count). The number of rotatable bonds is 5. The lowest BCUT2D eigenvalue weighted by Crippen LogP contribution is -2.76. The molecular weight excluding hydrogens is 382 g/mol. The first-order valence-electron chi connectivity index (χ1n) is 12.1. The second-order valence-electron chi connectivity index (χ2n) is 11.5. The van der Waals surface area contributed by atoms with Gasteiger partial charge in [-0.05, 0) is 44.1 Å². The van der Waals surface area contributed by atoms with Crippen molar-refractivity contribution in [2.24, 2.45) is 40.4 Å². The summed E-state index contributed by atoms with van der Waals surface area (Å²) in [5.74, 6) is 1.03. The maximum atomic E-state index is 12.4. The maximum absolute atomic E-state index is 12.4. The van der Waals surface area contributed by atoms with Gasteiger partial charge in [-0.3, -0.25) is 4.90 Å². The van der Waals surface area contributed by atoms with Crippen LogP contribution in [0.3, 0.4) is 0 Å². The quantitative estimate of drug-likeness (QED) is 0.702. The molecule has 0 aromatic heterocycles. The van der Waals surface area contributed by atoms with Gasteiger partial charge >= 0.3 is 0 Å². The maximum Gasteiger partial charge on any atom is 0.0771 e. The largest absolute Gasteiger partial charge is 0.392 e. The van der Waals surface area contributed by atoms with Crippen LogP contribution in [-0.4, -0.2) is 86.1 Å². The van der Waals surface area contributed by atoms with Crippen LogP contribution in [0.25, 0.3) is 0 Å². The molecule has 170 valence electrons. The smallest absolute Gasteiger partial charge is 0.0771 e. The molecule has 5 saturated carbocycles. The number of fused-ring (bicyclic) bond motifs is 2. The fourth-order valence-corrected chi connectivity index (χ4v) is 10.7. The van der Waals surface area contributed by atoms with E-state index in [4.69, 9.17) is 14.2 Å². The number of hydrogen-bond donors (Lipinski definition) is 2. The molecule has 1 heterocycles. The summed E-state index contributed by atoms with van der Waals surface area (Å²) in [7, 11) is 5.48. The van der Waals surface area contributed by atoms with Crippen molar-refractivity contribution in [2.45, 2.75) is 69.0 Å².